The second-order valence-electron chi connectivity index (χ2n) is 4.63. The maximum absolute atomic E-state index is 12.1. The van der Waals surface area contributed by atoms with Crippen LogP contribution < -0.4 is 4.74 Å². The molecule has 0 saturated heterocycles. The van der Waals surface area contributed by atoms with Gasteiger partial charge in [-0.05, 0) is 36.8 Å². The zero-order valence-corrected chi connectivity index (χ0v) is 11.7. The highest BCUT2D eigenvalue weighted by molar-refractivity contribution is 5.93. The summed E-state index contributed by atoms with van der Waals surface area (Å²) in [5, 5.41) is 0. The molecule has 0 unspecified atom stereocenters. The fraction of sp³-hybridized carbons (Fsp3) is 0.250. The first-order valence-corrected chi connectivity index (χ1v) is 6.52. The van der Waals surface area contributed by atoms with Gasteiger partial charge in [0.2, 0.25) is 0 Å². The first-order valence-electron chi connectivity index (χ1n) is 6.52. The summed E-state index contributed by atoms with van der Waals surface area (Å²) in [6, 6.07) is 11.3. The number of ether oxygens (including phenoxy) is 1. The van der Waals surface area contributed by atoms with E-state index < -0.39 is 0 Å². The molecule has 1 heterocycles. The summed E-state index contributed by atoms with van der Waals surface area (Å²) in [6.07, 6.45) is 3.23. The molecule has 1 aromatic heterocycles. The van der Waals surface area contributed by atoms with Gasteiger partial charge in [-0.2, -0.15) is 0 Å². The van der Waals surface area contributed by atoms with Gasteiger partial charge < -0.3 is 9.64 Å². The summed E-state index contributed by atoms with van der Waals surface area (Å²) in [6.45, 7) is 3.03. The number of carbonyl (C=O) groups is 1. The van der Waals surface area contributed by atoms with E-state index in [2.05, 4.69) is 4.98 Å². The molecular formula is C16H18N2O2. The molecule has 0 radical (unpaired) electrons. The van der Waals surface area contributed by atoms with Crippen molar-refractivity contribution in [2.75, 3.05) is 20.2 Å². The smallest absolute Gasteiger partial charge is 0.253 e. The predicted molar refractivity (Wildman–Crippen MR) is 77.9 cm³/mol. The van der Waals surface area contributed by atoms with Crippen molar-refractivity contribution in [1.29, 1.82) is 0 Å². The van der Waals surface area contributed by atoms with Gasteiger partial charge in [-0.15, -0.1) is 0 Å². The number of aromatic nitrogens is 1. The Morgan fingerprint density at radius 1 is 1.25 bits per heavy atom. The minimum atomic E-state index is -0.0276. The second kappa shape index (κ2) is 6.70. The van der Waals surface area contributed by atoms with E-state index >= 15 is 0 Å². The molecule has 0 aliphatic heterocycles. The molecule has 4 nitrogen and oxygen atoms in total. The molecule has 4 heteroatoms. The molecule has 2 rings (SSSR count). The number of pyridine rings is 1. The number of hydrogen-bond acceptors (Lipinski definition) is 3. The summed E-state index contributed by atoms with van der Waals surface area (Å²) in [4.78, 5) is 17.6. The number of aryl methyl sites for hydroxylation is 1. The van der Waals surface area contributed by atoms with E-state index in [1.165, 1.54) is 0 Å². The molecule has 0 aliphatic rings. The number of rotatable bonds is 5. The largest absolute Gasteiger partial charge is 0.492 e. The van der Waals surface area contributed by atoms with Crippen molar-refractivity contribution >= 4 is 5.91 Å². The van der Waals surface area contributed by atoms with Crippen LogP contribution in [-0.4, -0.2) is 36.0 Å². The number of likely N-dealkylation sites (N-methyl/N-ethyl adjacent to an activating group) is 1. The zero-order chi connectivity index (χ0) is 14.4. The van der Waals surface area contributed by atoms with Gasteiger partial charge in [0.25, 0.3) is 5.91 Å². The Hall–Kier alpha value is -2.36. The van der Waals surface area contributed by atoms with E-state index in [0.29, 0.717) is 18.7 Å². The third kappa shape index (κ3) is 3.82. The quantitative estimate of drug-likeness (QED) is 0.838. The number of amides is 1. The van der Waals surface area contributed by atoms with Gasteiger partial charge in [-0.1, -0.05) is 12.1 Å². The number of nitrogens with zero attached hydrogens (tertiary/aromatic N) is 2. The Labute approximate surface area is 119 Å². The van der Waals surface area contributed by atoms with Gasteiger partial charge in [0.15, 0.2) is 0 Å². The summed E-state index contributed by atoms with van der Waals surface area (Å²) in [5.41, 5.74) is 1.79. The number of hydrogen-bond donors (Lipinski definition) is 0. The molecular weight excluding hydrogens is 252 g/mol. The summed E-state index contributed by atoms with van der Waals surface area (Å²) >= 11 is 0. The molecule has 1 aromatic carbocycles. The normalized spacial score (nSPS) is 10.1. The average Bonchev–Trinajstić information content (AvgIpc) is 2.47. The Kier molecular flexibility index (Phi) is 4.71. The fourth-order valence-electron chi connectivity index (χ4n) is 1.82. The van der Waals surface area contributed by atoms with Gasteiger partial charge in [-0.3, -0.25) is 9.78 Å². The number of benzene rings is 1. The van der Waals surface area contributed by atoms with Gasteiger partial charge in [-0.25, -0.2) is 0 Å². The topological polar surface area (TPSA) is 42.4 Å². The molecule has 1 amide bonds. The van der Waals surface area contributed by atoms with Crippen LogP contribution in [-0.2, 0) is 0 Å². The highest BCUT2D eigenvalue weighted by Crippen LogP contribution is 2.12. The molecule has 0 spiro atoms. The lowest BCUT2D eigenvalue weighted by Gasteiger charge is -2.17. The van der Waals surface area contributed by atoms with Crippen LogP contribution in [0.2, 0.25) is 0 Å². The Morgan fingerprint density at radius 2 is 2.00 bits per heavy atom. The second-order valence-corrected chi connectivity index (χ2v) is 4.63. The van der Waals surface area contributed by atoms with Gasteiger partial charge in [0, 0.05) is 25.0 Å². The van der Waals surface area contributed by atoms with Crippen LogP contribution in [0.1, 0.15) is 15.9 Å². The lowest BCUT2D eigenvalue weighted by molar-refractivity contribution is 0.0773. The Morgan fingerprint density at radius 3 is 2.70 bits per heavy atom. The summed E-state index contributed by atoms with van der Waals surface area (Å²) < 4.78 is 5.64. The standard InChI is InChI=1S/C16H18N2O2/c1-13-4-3-5-15(12-13)20-11-10-18(2)16(19)14-6-8-17-9-7-14/h3-9,12H,10-11H2,1-2H3. The van der Waals surface area contributed by atoms with Crippen molar-refractivity contribution in [3.8, 4) is 5.75 Å². The molecule has 0 saturated carbocycles. The Bertz CT molecular complexity index is 570. The molecule has 2 aromatic rings. The first-order chi connectivity index (χ1) is 9.66. The van der Waals surface area contributed by atoms with Gasteiger partial charge in [0.05, 0.1) is 6.54 Å². The maximum Gasteiger partial charge on any atom is 0.253 e. The molecule has 0 fully saturated rings. The molecule has 0 atom stereocenters. The van der Waals surface area contributed by atoms with Crippen molar-refractivity contribution in [3.63, 3.8) is 0 Å². The summed E-state index contributed by atoms with van der Waals surface area (Å²) in [5.74, 6) is 0.801. The molecule has 0 aliphatic carbocycles. The van der Waals surface area contributed by atoms with E-state index in [1.807, 2.05) is 31.2 Å². The highest BCUT2D eigenvalue weighted by Gasteiger charge is 2.10. The van der Waals surface area contributed by atoms with E-state index in [-0.39, 0.29) is 5.91 Å². The third-order valence-corrected chi connectivity index (χ3v) is 2.96. The van der Waals surface area contributed by atoms with E-state index in [1.54, 1.807) is 36.5 Å². The van der Waals surface area contributed by atoms with Gasteiger partial charge >= 0.3 is 0 Å². The lowest BCUT2D eigenvalue weighted by Crippen LogP contribution is -2.30. The van der Waals surface area contributed by atoms with E-state index in [0.717, 1.165) is 11.3 Å². The SMILES string of the molecule is Cc1cccc(OCCN(C)C(=O)c2ccncc2)c1. The van der Waals surface area contributed by atoms with Crippen LogP contribution in [0.25, 0.3) is 0 Å². The van der Waals surface area contributed by atoms with Crippen LogP contribution in [0.5, 0.6) is 5.75 Å². The molecule has 20 heavy (non-hydrogen) atoms. The lowest BCUT2D eigenvalue weighted by atomic mass is 10.2. The average molecular weight is 270 g/mol. The predicted octanol–water partition coefficient (Wildman–Crippen LogP) is 2.54. The van der Waals surface area contributed by atoms with E-state index in [9.17, 15) is 4.79 Å². The zero-order valence-electron chi connectivity index (χ0n) is 11.7. The Balaban J connectivity index is 1.83. The van der Waals surface area contributed by atoms with Crippen molar-refractivity contribution in [1.82, 2.24) is 9.88 Å². The van der Waals surface area contributed by atoms with Crippen molar-refractivity contribution in [2.45, 2.75) is 6.92 Å². The monoisotopic (exact) mass is 270 g/mol. The fourth-order valence-corrected chi connectivity index (χ4v) is 1.82. The minimum absolute atomic E-state index is 0.0276. The van der Waals surface area contributed by atoms with Crippen LogP contribution in [0.3, 0.4) is 0 Å². The van der Waals surface area contributed by atoms with Crippen molar-refractivity contribution in [3.05, 3.63) is 59.9 Å². The minimum Gasteiger partial charge on any atom is -0.492 e. The van der Waals surface area contributed by atoms with Crippen LogP contribution in [0, 0.1) is 6.92 Å². The molecule has 0 N–H and O–H groups in total. The summed E-state index contributed by atoms with van der Waals surface area (Å²) in [7, 11) is 1.77. The first kappa shape index (κ1) is 14.1. The van der Waals surface area contributed by atoms with Crippen LogP contribution in [0.15, 0.2) is 48.8 Å². The van der Waals surface area contributed by atoms with Gasteiger partial charge in [0.1, 0.15) is 12.4 Å². The van der Waals surface area contributed by atoms with Crippen LogP contribution >= 0.6 is 0 Å². The third-order valence-electron chi connectivity index (χ3n) is 2.96. The van der Waals surface area contributed by atoms with Crippen LogP contribution in [0.4, 0.5) is 0 Å². The molecule has 104 valence electrons. The van der Waals surface area contributed by atoms with Crippen molar-refractivity contribution in [2.24, 2.45) is 0 Å². The van der Waals surface area contributed by atoms with Crippen molar-refractivity contribution < 1.29 is 9.53 Å². The highest BCUT2D eigenvalue weighted by atomic mass is 16.5. The number of carbonyl (C=O) groups excluding carboxylic acids is 1. The van der Waals surface area contributed by atoms with E-state index in [4.69, 9.17) is 4.74 Å². The maximum atomic E-state index is 12.1. The molecule has 0 bridgehead atoms.